The van der Waals surface area contributed by atoms with E-state index in [4.69, 9.17) is 5.73 Å². The molecule has 0 saturated heterocycles. The lowest BCUT2D eigenvalue weighted by molar-refractivity contribution is 0.126. The second-order valence-electron chi connectivity index (χ2n) is 5.92. The third-order valence-corrected chi connectivity index (χ3v) is 4.01. The van der Waals surface area contributed by atoms with Crippen LogP contribution in [0.4, 0.5) is 0 Å². The molecule has 0 aromatic heterocycles. The second-order valence-corrected chi connectivity index (χ2v) is 5.92. The van der Waals surface area contributed by atoms with Gasteiger partial charge in [-0.1, -0.05) is 27.7 Å². The summed E-state index contributed by atoms with van der Waals surface area (Å²) in [5, 5.41) is 3.73. The molecular formula is C13H28N2. The molecule has 1 aliphatic rings. The van der Waals surface area contributed by atoms with Crippen molar-refractivity contribution in [3.63, 3.8) is 0 Å². The lowest BCUT2D eigenvalue weighted by Crippen LogP contribution is -2.58. The monoisotopic (exact) mass is 212 g/mol. The molecule has 0 aromatic rings. The van der Waals surface area contributed by atoms with E-state index in [2.05, 4.69) is 33.0 Å². The van der Waals surface area contributed by atoms with Crippen molar-refractivity contribution in [3.05, 3.63) is 0 Å². The van der Waals surface area contributed by atoms with Crippen LogP contribution >= 0.6 is 0 Å². The van der Waals surface area contributed by atoms with Crippen LogP contribution in [0, 0.1) is 17.8 Å². The van der Waals surface area contributed by atoms with Crippen molar-refractivity contribution < 1.29 is 0 Å². The first-order valence-corrected chi connectivity index (χ1v) is 6.45. The van der Waals surface area contributed by atoms with Gasteiger partial charge in [-0.15, -0.1) is 0 Å². The highest BCUT2D eigenvalue weighted by Crippen LogP contribution is 2.36. The zero-order chi connectivity index (χ0) is 11.5. The molecule has 1 rings (SSSR count). The van der Waals surface area contributed by atoms with Gasteiger partial charge in [-0.2, -0.15) is 0 Å². The fourth-order valence-corrected chi connectivity index (χ4v) is 2.74. The molecule has 0 aromatic carbocycles. The van der Waals surface area contributed by atoms with Gasteiger partial charge in [0.15, 0.2) is 0 Å². The van der Waals surface area contributed by atoms with Crippen LogP contribution in [-0.2, 0) is 0 Å². The first kappa shape index (κ1) is 13.0. The molecule has 90 valence electrons. The Hall–Kier alpha value is -0.0800. The second kappa shape index (κ2) is 5.31. The van der Waals surface area contributed by atoms with Gasteiger partial charge >= 0.3 is 0 Å². The van der Waals surface area contributed by atoms with Gasteiger partial charge in [0.05, 0.1) is 0 Å². The van der Waals surface area contributed by atoms with Crippen LogP contribution in [0.25, 0.3) is 0 Å². The Morgan fingerprint density at radius 2 is 2.07 bits per heavy atom. The largest absolute Gasteiger partial charge is 0.329 e. The molecule has 0 heterocycles. The smallest absolute Gasteiger partial charge is 0.0330 e. The maximum atomic E-state index is 6.00. The van der Waals surface area contributed by atoms with Crippen molar-refractivity contribution in [1.82, 2.24) is 5.32 Å². The van der Waals surface area contributed by atoms with Crippen LogP contribution < -0.4 is 11.1 Å². The molecule has 0 spiro atoms. The van der Waals surface area contributed by atoms with Crippen LogP contribution in [0.2, 0.25) is 0 Å². The molecule has 3 N–H and O–H groups in total. The predicted octanol–water partition coefficient (Wildman–Crippen LogP) is 2.39. The summed E-state index contributed by atoms with van der Waals surface area (Å²) in [7, 11) is 0. The molecule has 3 atom stereocenters. The van der Waals surface area contributed by atoms with E-state index in [0.29, 0.717) is 11.8 Å². The lowest BCUT2D eigenvalue weighted by atomic mass is 9.70. The van der Waals surface area contributed by atoms with Gasteiger partial charge in [0, 0.05) is 12.1 Å². The molecule has 15 heavy (non-hydrogen) atoms. The minimum absolute atomic E-state index is 0.219. The molecular weight excluding hydrogens is 184 g/mol. The first-order valence-electron chi connectivity index (χ1n) is 6.45. The highest BCUT2D eigenvalue weighted by molar-refractivity contribution is 4.97. The Balaban J connectivity index is 2.58. The average molecular weight is 212 g/mol. The minimum Gasteiger partial charge on any atom is -0.329 e. The summed E-state index contributed by atoms with van der Waals surface area (Å²) in [4.78, 5) is 0. The summed E-state index contributed by atoms with van der Waals surface area (Å²) >= 11 is 0. The Morgan fingerprint density at radius 1 is 1.40 bits per heavy atom. The van der Waals surface area contributed by atoms with E-state index in [1.165, 1.54) is 19.3 Å². The zero-order valence-electron chi connectivity index (χ0n) is 10.8. The minimum atomic E-state index is 0.219. The third-order valence-electron chi connectivity index (χ3n) is 4.01. The van der Waals surface area contributed by atoms with Crippen molar-refractivity contribution in [2.75, 3.05) is 13.1 Å². The van der Waals surface area contributed by atoms with Crippen molar-refractivity contribution in [3.8, 4) is 0 Å². The van der Waals surface area contributed by atoms with E-state index < -0.39 is 0 Å². The van der Waals surface area contributed by atoms with Crippen LogP contribution in [-0.4, -0.2) is 18.6 Å². The summed E-state index contributed by atoms with van der Waals surface area (Å²) in [6.45, 7) is 11.1. The van der Waals surface area contributed by atoms with Gasteiger partial charge < -0.3 is 11.1 Å². The van der Waals surface area contributed by atoms with Gasteiger partial charge in [-0.05, 0) is 43.6 Å². The number of rotatable bonds is 4. The van der Waals surface area contributed by atoms with Gasteiger partial charge in [0.25, 0.3) is 0 Å². The summed E-state index contributed by atoms with van der Waals surface area (Å²) in [6.07, 6.45) is 3.90. The Labute approximate surface area is 95.0 Å². The Bertz CT molecular complexity index is 191. The Kier molecular flexibility index (Phi) is 4.60. The number of hydrogen-bond acceptors (Lipinski definition) is 2. The summed E-state index contributed by atoms with van der Waals surface area (Å²) in [5.74, 6) is 2.30. The summed E-state index contributed by atoms with van der Waals surface area (Å²) in [6, 6.07) is 0. The predicted molar refractivity (Wildman–Crippen MR) is 66.8 cm³/mol. The summed E-state index contributed by atoms with van der Waals surface area (Å²) in [5.41, 5.74) is 6.22. The van der Waals surface area contributed by atoms with E-state index in [0.717, 1.165) is 19.0 Å². The van der Waals surface area contributed by atoms with E-state index in [-0.39, 0.29) is 5.54 Å². The van der Waals surface area contributed by atoms with E-state index in [1.807, 2.05) is 0 Å². The maximum absolute atomic E-state index is 6.00. The van der Waals surface area contributed by atoms with Crippen molar-refractivity contribution in [2.24, 2.45) is 23.5 Å². The molecule has 1 aliphatic carbocycles. The first-order chi connectivity index (χ1) is 7.00. The van der Waals surface area contributed by atoms with E-state index in [1.54, 1.807) is 0 Å². The molecule has 0 bridgehead atoms. The number of nitrogens with one attached hydrogen (secondary N) is 1. The van der Waals surface area contributed by atoms with Crippen LogP contribution in [0.1, 0.15) is 47.0 Å². The molecule has 1 saturated carbocycles. The SMILES string of the molecule is CC(C)CNC1(CN)CCC(C)CC1C. The fourth-order valence-electron chi connectivity index (χ4n) is 2.74. The van der Waals surface area contributed by atoms with Gasteiger partial charge in [-0.3, -0.25) is 0 Å². The molecule has 2 heteroatoms. The standard InChI is InChI=1S/C13H28N2/c1-10(2)8-15-13(9-14)6-5-11(3)7-12(13)4/h10-12,15H,5-9,14H2,1-4H3. The van der Waals surface area contributed by atoms with Crippen molar-refractivity contribution in [1.29, 1.82) is 0 Å². The fraction of sp³-hybridized carbons (Fsp3) is 1.00. The van der Waals surface area contributed by atoms with E-state index >= 15 is 0 Å². The molecule has 0 aliphatic heterocycles. The highest BCUT2D eigenvalue weighted by atomic mass is 15.0. The molecule has 1 fully saturated rings. The Morgan fingerprint density at radius 3 is 2.53 bits per heavy atom. The number of hydrogen-bond donors (Lipinski definition) is 2. The lowest BCUT2D eigenvalue weighted by Gasteiger charge is -2.45. The van der Waals surface area contributed by atoms with Gasteiger partial charge in [0.1, 0.15) is 0 Å². The molecule has 0 radical (unpaired) electrons. The van der Waals surface area contributed by atoms with Crippen LogP contribution in [0.3, 0.4) is 0 Å². The van der Waals surface area contributed by atoms with Crippen LogP contribution in [0.5, 0.6) is 0 Å². The van der Waals surface area contributed by atoms with Crippen LogP contribution in [0.15, 0.2) is 0 Å². The quantitative estimate of drug-likeness (QED) is 0.751. The maximum Gasteiger partial charge on any atom is 0.0330 e. The van der Waals surface area contributed by atoms with Crippen molar-refractivity contribution in [2.45, 2.75) is 52.5 Å². The average Bonchev–Trinajstić information content (AvgIpc) is 2.17. The van der Waals surface area contributed by atoms with Gasteiger partial charge in [-0.25, -0.2) is 0 Å². The number of nitrogens with two attached hydrogens (primary N) is 1. The van der Waals surface area contributed by atoms with Crippen molar-refractivity contribution >= 4 is 0 Å². The van der Waals surface area contributed by atoms with E-state index in [9.17, 15) is 0 Å². The zero-order valence-corrected chi connectivity index (χ0v) is 10.8. The normalized spacial score (nSPS) is 37.2. The third kappa shape index (κ3) is 3.18. The van der Waals surface area contributed by atoms with Gasteiger partial charge in [0.2, 0.25) is 0 Å². The molecule has 3 unspecified atom stereocenters. The summed E-state index contributed by atoms with van der Waals surface area (Å²) < 4.78 is 0. The molecule has 2 nitrogen and oxygen atoms in total. The highest BCUT2D eigenvalue weighted by Gasteiger charge is 2.38. The topological polar surface area (TPSA) is 38.0 Å². The molecule has 0 amide bonds.